The van der Waals surface area contributed by atoms with Gasteiger partial charge < -0.3 is 10.5 Å². The topological polar surface area (TPSA) is 47.6 Å². The van der Waals surface area contributed by atoms with E-state index in [1.807, 2.05) is 45.9 Å². The molecule has 1 aliphatic rings. The van der Waals surface area contributed by atoms with E-state index in [2.05, 4.69) is 20.9 Å². The molecule has 0 fully saturated rings. The minimum absolute atomic E-state index is 0.550. The van der Waals surface area contributed by atoms with Crippen LogP contribution in [0, 0.1) is 0 Å². The second kappa shape index (κ2) is 9.05. The molecular formula is C13H21BrN2O. The van der Waals surface area contributed by atoms with Gasteiger partial charge in [-0.3, -0.25) is 4.99 Å². The number of halogens is 1. The molecule has 2 N–H and O–H groups in total. The zero-order chi connectivity index (χ0) is 13.3. The van der Waals surface area contributed by atoms with Crippen LogP contribution >= 0.6 is 15.9 Å². The van der Waals surface area contributed by atoms with Gasteiger partial charge >= 0.3 is 0 Å². The Morgan fingerprint density at radius 3 is 2.53 bits per heavy atom. The molecule has 3 nitrogen and oxygen atoms in total. The molecule has 0 bridgehead atoms. The molecule has 0 aromatic heterocycles. The Labute approximate surface area is 112 Å². The molecule has 2 rings (SSSR count). The molecule has 1 aliphatic heterocycles. The maximum Gasteiger partial charge on any atom is 0.130 e. The number of hydrogen-bond acceptors (Lipinski definition) is 3. The predicted octanol–water partition coefficient (Wildman–Crippen LogP) is 3.60. The van der Waals surface area contributed by atoms with Crippen molar-refractivity contribution >= 4 is 21.8 Å². The summed E-state index contributed by atoms with van der Waals surface area (Å²) in [4.78, 5) is 4.15. The fourth-order valence-corrected chi connectivity index (χ4v) is 1.60. The number of nitrogens with two attached hydrogens (primary N) is 1. The van der Waals surface area contributed by atoms with E-state index in [4.69, 9.17) is 10.5 Å². The lowest BCUT2D eigenvalue weighted by atomic mass is 10.2. The second-order valence-corrected chi connectivity index (χ2v) is 3.67. The van der Waals surface area contributed by atoms with Gasteiger partial charge in [0.05, 0.1) is 12.1 Å². The van der Waals surface area contributed by atoms with Crippen LogP contribution in [0.25, 0.3) is 0 Å². The summed E-state index contributed by atoms with van der Waals surface area (Å²) in [5, 5.41) is 0. The quantitative estimate of drug-likeness (QED) is 0.796. The third-order valence-electron chi connectivity index (χ3n) is 1.85. The van der Waals surface area contributed by atoms with E-state index >= 15 is 0 Å². The molecule has 0 unspecified atom stereocenters. The summed E-state index contributed by atoms with van der Waals surface area (Å²) in [6.07, 6.45) is 0. The van der Waals surface area contributed by atoms with Crippen LogP contribution < -0.4 is 10.5 Å². The molecule has 0 saturated carbocycles. The van der Waals surface area contributed by atoms with Crippen molar-refractivity contribution < 1.29 is 4.74 Å². The van der Waals surface area contributed by atoms with Gasteiger partial charge in [-0.05, 0) is 18.2 Å². The van der Waals surface area contributed by atoms with Crippen LogP contribution in [0.15, 0.2) is 27.7 Å². The van der Waals surface area contributed by atoms with Gasteiger partial charge in [-0.1, -0.05) is 43.6 Å². The Hall–Kier alpha value is -1.03. The summed E-state index contributed by atoms with van der Waals surface area (Å²) < 4.78 is 6.44. The molecule has 1 aromatic rings. The van der Waals surface area contributed by atoms with Crippen molar-refractivity contribution in [3.63, 3.8) is 0 Å². The molecule has 17 heavy (non-hydrogen) atoms. The molecule has 96 valence electrons. The van der Waals surface area contributed by atoms with Crippen molar-refractivity contribution in [2.75, 3.05) is 13.2 Å². The summed E-state index contributed by atoms with van der Waals surface area (Å²) >= 11 is 3.38. The number of aliphatic imine (C=N–C) groups is 1. The fourth-order valence-electron chi connectivity index (χ4n) is 1.24. The van der Waals surface area contributed by atoms with Gasteiger partial charge in [-0.15, -0.1) is 0 Å². The smallest absolute Gasteiger partial charge is 0.130 e. The Balaban J connectivity index is 0.000000581. The van der Waals surface area contributed by atoms with Crippen LogP contribution in [-0.2, 0) is 0 Å². The Morgan fingerprint density at radius 1 is 1.24 bits per heavy atom. The average molecular weight is 301 g/mol. The first-order valence-corrected chi connectivity index (χ1v) is 6.79. The molecule has 0 atom stereocenters. The normalized spacial score (nSPS) is 12.4. The minimum atomic E-state index is 0.550. The van der Waals surface area contributed by atoms with E-state index < -0.39 is 0 Å². The van der Waals surface area contributed by atoms with Crippen LogP contribution in [0.3, 0.4) is 0 Å². The summed E-state index contributed by atoms with van der Waals surface area (Å²) in [5.41, 5.74) is 6.63. The van der Waals surface area contributed by atoms with Crippen molar-refractivity contribution in [3.05, 3.63) is 28.2 Å². The molecule has 0 aliphatic carbocycles. The van der Waals surface area contributed by atoms with Crippen molar-refractivity contribution in [2.45, 2.75) is 27.7 Å². The Bertz CT molecular complexity index is 364. The number of amidine groups is 1. The molecule has 1 heterocycles. The van der Waals surface area contributed by atoms with Crippen molar-refractivity contribution in [1.82, 2.24) is 0 Å². The molecule has 0 radical (unpaired) electrons. The van der Waals surface area contributed by atoms with Crippen LogP contribution in [0.4, 0.5) is 0 Å². The third kappa shape index (κ3) is 4.77. The first-order valence-electron chi connectivity index (χ1n) is 6.00. The van der Waals surface area contributed by atoms with Gasteiger partial charge in [0.15, 0.2) is 0 Å². The highest BCUT2D eigenvalue weighted by molar-refractivity contribution is 9.10. The van der Waals surface area contributed by atoms with Gasteiger partial charge in [0.2, 0.25) is 0 Å². The molecule has 1 aromatic carbocycles. The van der Waals surface area contributed by atoms with Gasteiger partial charge in [-0.2, -0.15) is 0 Å². The van der Waals surface area contributed by atoms with E-state index in [1.54, 1.807) is 0 Å². The highest BCUT2D eigenvalue weighted by atomic mass is 79.9. The molecular weight excluding hydrogens is 280 g/mol. The number of fused-ring (bicyclic) bond motifs is 1. The van der Waals surface area contributed by atoms with Crippen molar-refractivity contribution in [2.24, 2.45) is 10.7 Å². The number of hydrogen-bond donors (Lipinski definition) is 1. The minimum Gasteiger partial charge on any atom is -0.491 e. The Morgan fingerprint density at radius 2 is 1.88 bits per heavy atom. The van der Waals surface area contributed by atoms with Crippen LogP contribution in [0.1, 0.15) is 33.3 Å². The van der Waals surface area contributed by atoms with Gasteiger partial charge in [0, 0.05) is 4.47 Å². The van der Waals surface area contributed by atoms with Gasteiger partial charge in [0.25, 0.3) is 0 Å². The monoisotopic (exact) mass is 300 g/mol. The van der Waals surface area contributed by atoms with Crippen LogP contribution in [0.5, 0.6) is 5.75 Å². The zero-order valence-electron chi connectivity index (χ0n) is 11.0. The second-order valence-electron chi connectivity index (χ2n) is 2.76. The van der Waals surface area contributed by atoms with Gasteiger partial charge in [0.1, 0.15) is 18.2 Å². The highest BCUT2D eigenvalue weighted by Crippen LogP contribution is 2.24. The number of nitrogens with zero attached hydrogens (tertiary/aromatic N) is 1. The van der Waals surface area contributed by atoms with E-state index in [0.29, 0.717) is 19.0 Å². The van der Waals surface area contributed by atoms with Gasteiger partial charge in [-0.25, -0.2) is 0 Å². The van der Waals surface area contributed by atoms with Crippen molar-refractivity contribution in [1.29, 1.82) is 0 Å². The summed E-state index contributed by atoms with van der Waals surface area (Å²) in [6, 6.07) is 5.74. The first-order chi connectivity index (χ1) is 8.27. The third-order valence-corrected chi connectivity index (χ3v) is 2.34. The fraction of sp³-hybridized carbons (Fsp3) is 0.462. The Kier molecular flexibility index (Phi) is 8.50. The molecule has 0 amide bonds. The lowest BCUT2D eigenvalue weighted by Crippen LogP contribution is -2.13. The van der Waals surface area contributed by atoms with Crippen molar-refractivity contribution in [3.8, 4) is 5.75 Å². The number of benzene rings is 1. The van der Waals surface area contributed by atoms with E-state index in [-0.39, 0.29) is 0 Å². The van der Waals surface area contributed by atoms with Crippen LogP contribution in [0.2, 0.25) is 0 Å². The number of rotatable bonds is 0. The highest BCUT2D eigenvalue weighted by Gasteiger charge is 2.10. The molecule has 4 heteroatoms. The summed E-state index contributed by atoms with van der Waals surface area (Å²) in [6.45, 7) is 9.22. The zero-order valence-corrected chi connectivity index (χ0v) is 12.5. The maximum absolute atomic E-state index is 5.76. The largest absolute Gasteiger partial charge is 0.491 e. The lowest BCUT2D eigenvalue weighted by Gasteiger charge is -2.06. The van der Waals surface area contributed by atoms with E-state index in [9.17, 15) is 0 Å². The van der Waals surface area contributed by atoms with E-state index in [0.717, 1.165) is 15.8 Å². The predicted molar refractivity (Wildman–Crippen MR) is 77.9 cm³/mol. The average Bonchev–Trinajstić information content (AvgIpc) is 2.57. The summed E-state index contributed by atoms with van der Waals surface area (Å²) in [5.74, 6) is 1.36. The van der Waals surface area contributed by atoms with E-state index in [1.165, 1.54) is 0 Å². The number of ether oxygens (including phenoxy) is 1. The molecule has 0 saturated heterocycles. The lowest BCUT2D eigenvalue weighted by molar-refractivity contribution is 0.331. The SMILES string of the molecule is CC.CC.NC1=NCCOc2ccc(Br)cc21. The first kappa shape index (κ1) is 16.0. The standard InChI is InChI=1S/C9H9BrN2O.2C2H6/c10-6-1-2-8-7(5-6)9(11)12-3-4-13-8;2*1-2/h1-2,5H,3-4H2,(H2,11,12);2*1-2H3. The molecule has 0 spiro atoms. The van der Waals surface area contributed by atoms with Crippen LogP contribution in [-0.4, -0.2) is 19.0 Å². The summed E-state index contributed by atoms with van der Waals surface area (Å²) in [7, 11) is 0. The maximum atomic E-state index is 5.76.